The van der Waals surface area contributed by atoms with Crippen LogP contribution < -0.4 is 0 Å². The average Bonchev–Trinajstić information content (AvgIpc) is 2.88. The first-order chi connectivity index (χ1) is 16.1. The van der Waals surface area contributed by atoms with Crippen molar-refractivity contribution in [1.29, 1.82) is 0 Å². The summed E-state index contributed by atoms with van der Waals surface area (Å²) in [5.74, 6) is 0.258. The fourth-order valence-electron chi connectivity index (χ4n) is 4.78. The highest BCUT2D eigenvalue weighted by atomic mass is 35.5. The second-order valence-electron chi connectivity index (χ2n) is 8.69. The van der Waals surface area contributed by atoms with Gasteiger partial charge in [0.05, 0.1) is 5.71 Å². The van der Waals surface area contributed by atoms with Crippen LogP contribution in [0.3, 0.4) is 0 Å². The van der Waals surface area contributed by atoms with Gasteiger partial charge in [-0.3, -0.25) is 9.88 Å². The second-order valence-corrected chi connectivity index (χ2v) is 9.13. The van der Waals surface area contributed by atoms with Crippen molar-refractivity contribution in [2.75, 3.05) is 46.4 Å². The van der Waals surface area contributed by atoms with Crippen LogP contribution in [-0.2, 0) is 4.84 Å². The Morgan fingerprint density at radius 2 is 1.61 bits per heavy atom. The highest BCUT2D eigenvalue weighted by molar-refractivity contribution is 6.30. The number of pyridine rings is 1. The van der Waals surface area contributed by atoms with Gasteiger partial charge in [0.25, 0.3) is 0 Å². The Labute approximate surface area is 201 Å². The number of halogens is 1. The Morgan fingerprint density at radius 1 is 1.00 bits per heavy atom. The van der Waals surface area contributed by atoms with Gasteiger partial charge in [-0.1, -0.05) is 28.9 Å². The number of likely N-dealkylation sites (tertiary alicyclic amines) is 1. The van der Waals surface area contributed by atoms with Crippen LogP contribution in [0.25, 0.3) is 0 Å². The molecule has 1 atom stereocenters. The molecule has 176 valence electrons. The second kappa shape index (κ2) is 11.0. The Morgan fingerprint density at radius 3 is 2.21 bits per heavy atom. The van der Waals surface area contributed by atoms with Gasteiger partial charge in [0.15, 0.2) is 0 Å². The minimum absolute atomic E-state index is 0.154. The molecule has 0 spiro atoms. The molecule has 4 rings (SSSR count). The monoisotopic (exact) mass is 469 g/mol. The topological polar surface area (TPSA) is 61.3 Å². The van der Waals surface area contributed by atoms with Gasteiger partial charge in [0, 0.05) is 68.6 Å². The van der Waals surface area contributed by atoms with Crippen LogP contribution in [-0.4, -0.2) is 77.8 Å². The number of benzene rings is 1. The number of urea groups is 1. The largest absolute Gasteiger partial charge is 0.399 e. The van der Waals surface area contributed by atoms with E-state index in [9.17, 15) is 4.79 Å². The lowest BCUT2D eigenvalue weighted by atomic mass is 9.88. The molecule has 2 aromatic rings. The van der Waals surface area contributed by atoms with E-state index in [1.165, 1.54) is 5.56 Å². The molecule has 2 aliphatic heterocycles. The highest BCUT2D eigenvalue weighted by Gasteiger charge is 2.31. The standard InChI is InChI=1S/C25H32ClN5O2/c1-19(20-7-11-27-12-8-20)29-15-17-31(18-16-29)25(32)30-13-9-22(10-14-30)24(28-33-2)21-3-5-23(26)6-4-21/h3-8,11-12,19,22H,9-10,13-18H2,1-2H3/b28-24+/t19-/m1/s1. The van der Waals surface area contributed by atoms with Crippen molar-refractivity contribution in [2.24, 2.45) is 11.1 Å². The maximum Gasteiger partial charge on any atom is 0.320 e. The SMILES string of the molecule is CO/N=C(\c1ccc(Cl)cc1)C1CCN(C(=O)N2CCN([C@H](C)c3ccncc3)CC2)CC1. The zero-order valence-electron chi connectivity index (χ0n) is 19.4. The number of hydrogen-bond donors (Lipinski definition) is 0. The highest BCUT2D eigenvalue weighted by Crippen LogP contribution is 2.26. The third-order valence-corrected chi connectivity index (χ3v) is 7.05. The third kappa shape index (κ3) is 5.65. The average molecular weight is 470 g/mol. The van der Waals surface area contributed by atoms with Gasteiger partial charge >= 0.3 is 6.03 Å². The lowest BCUT2D eigenvalue weighted by Crippen LogP contribution is -2.54. The molecule has 0 N–H and O–H groups in total. The summed E-state index contributed by atoms with van der Waals surface area (Å²) in [6.07, 6.45) is 5.42. The van der Waals surface area contributed by atoms with Gasteiger partial charge in [-0.2, -0.15) is 0 Å². The third-order valence-electron chi connectivity index (χ3n) is 6.80. The smallest absolute Gasteiger partial charge is 0.320 e. The van der Waals surface area contributed by atoms with Crippen molar-refractivity contribution in [2.45, 2.75) is 25.8 Å². The van der Waals surface area contributed by atoms with E-state index in [-0.39, 0.29) is 11.9 Å². The number of oxime groups is 1. The van der Waals surface area contributed by atoms with Crippen molar-refractivity contribution < 1.29 is 9.63 Å². The number of nitrogens with zero attached hydrogens (tertiary/aromatic N) is 5. The number of piperazine rings is 1. The summed E-state index contributed by atoms with van der Waals surface area (Å²) < 4.78 is 0. The van der Waals surface area contributed by atoms with Gasteiger partial charge in [-0.05, 0) is 55.2 Å². The number of amides is 2. The zero-order valence-corrected chi connectivity index (χ0v) is 20.1. The van der Waals surface area contributed by atoms with Gasteiger partial charge in [0.1, 0.15) is 7.11 Å². The first kappa shape index (κ1) is 23.5. The van der Waals surface area contributed by atoms with E-state index in [1.807, 2.05) is 46.5 Å². The molecule has 1 aromatic heterocycles. The van der Waals surface area contributed by atoms with Gasteiger partial charge in [0.2, 0.25) is 0 Å². The summed E-state index contributed by atoms with van der Waals surface area (Å²) in [4.78, 5) is 28.8. The van der Waals surface area contributed by atoms with Crippen LogP contribution >= 0.6 is 11.6 Å². The quantitative estimate of drug-likeness (QED) is 0.484. The van der Waals surface area contributed by atoms with Crippen molar-refractivity contribution in [1.82, 2.24) is 19.7 Å². The molecular weight excluding hydrogens is 438 g/mol. The first-order valence-electron chi connectivity index (χ1n) is 11.6. The Bertz CT molecular complexity index is 937. The van der Waals surface area contributed by atoms with Gasteiger partial charge < -0.3 is 14.6 Å². The van der Waals surface area contributed by atoms with E-state index < -0.39 is 0 Å². The van der Waals surface area contributed by atoms with Crippen molar-refractivity contribution in [3.63, 3.8) is 0 Å². The summed E-state index contributed by atoms with van der Waals surface area (Å²) in [6.45, 7) is 6.96. The van der Waals surface area contributed by atoms with E-state index in [2.05, 4.69) is 34.1 Å². The predicted octanol–water partition coefficient (Wildman–Crippen LogP) is 4.30. The Kier molecular flexibility index (Phi) is 7.83. The molecule has 0 saturated carbocycles. The van der Waals surface area contributed by atoms with Crippen LogP contribution in [0.2, 0.25) is 5.02 Å². The van der Waals surface area contributed by atoms with E-state index in [0.717, 1.165) is 63.4 Å². The molecule has 8 heteroatoms. The molecule has 2 saturated heterocycles. The summed E-state index contributed by atoms with van der Waals surface area (Å²) in [5, 5.41) is 5.01. The maximum absolute atomic E-state index is 13.2. The Balaban J connectivity index is 1.29. The molecular formula is C25H32ClN5O2. The van der Waals surface area contributed by atoms with Gasteiger partial charge in [-0.25, -0.2) is 4.79 Å². The van der Waals surface area contributed by atoms with Crippen LogP contribution in [0.5, 0.6) is 0 Å². The normalized spacial score (nSPS) is 19.4. The Hall–Kier alpha value is -2.64. The van der Waals surface area contributed by atoms with Crippen molar-refractivity contribution >= 4 is 23.3 Å². The first-order valence-corrected chi connectivity index (χ1v) is 12.0. The summed E-state index contributed by atoms with van der Waals surface area (Å²) >= 11 is 6.04. The lowest BCUT2D eigenvalue weighted by molar-refractivity contribution is 0.0891. The summed E-state index contributed by atoms with van der Waals surface area (Å²) in [7, 11) is 1.57. The van der Waals surface area contributed by atoms with E-state index in [0.29, 0.717) is 11.1 Å². The van der Waals surface area contributed by atoms with E-state index in [4.69, 9.17) is 16.4 Å². The van der Waals surface area contributed by atoms with Crippen LogP contribution in [0.15, 0.2) is 53.9 Å². The fraction of sp³-hybridized carbons (Fsp3) is 0.480. The molecule has 0 radical (unpaired) electrons. The minimum atomic E-state index is 0.154. The molecule has 2 amide bonds. The van der Waals surface area contributed by atoms with Crippen LogP contribution in [0.1, 0.15) is 36.9 Å². The summed E-state index contributed by atoms with van der Waals surface area (Å²) in [6, 6.07) is 12.3. The molecule has 0 aliphatic carbocycles. The molecule has 1 aromatic carbocycles. The number of carbonyl (C=O) groups excluding carboxylic acids is 1. The fourth-order valence-corrected chi connectivity index (χ4v) is 4.91. The number of carbonyl (C=O) groups is 1. The van der Waals surface area contributed by atoms with Crippen molar-refractivity contribution in [3.05, 3.63) is 64.9 Å². The minimum Gasteiger partial charge on any atom is -0.399 e. The molecule has 33 heavy (non-hydrogen) atoms. The van der Waals surface area contributed by atoms with Crippen molar-refractivity contribution in [3.8, 4) is 0 Å². The zero-order chi connectivity index (χ0) is 23.2. The molecule has 2 fully saturated rings. The number of hydrogen-bond acceptors (Lipinski definition) is 5. The van der Waals surface area contributed by atoms with Crippen LogP contribution in [0.4, 0.5) is 4.79 Å². The lowest BCUT2D eigenvalue weighted by Gasteiger charge is -2.41. The van der Waals surface area contributed by atoms with E-state index in [1.54, 1.807) is 7.11 Å². The maximum atomic E-state index is 13.2. The number of piperidine rings is 1. The predicted molar refractivity (Wildman–Crippen MR) is 130 cm³/mol. The molecule has 0 unspecified atom stereocenters. The molecule has 7 nitrogen and oxygen atoms in total. The van der Waals surface area contributed by atoms with E-state index >= 15 is 0 Å². The van der Waals surface area contributed by atoms with Crippen LogP contribution in [0, 0.1) is 5.92 Å². The summed E-state index contributed by atoms with van der Waals surface area (Å²) in [5.41, 5.74) is 3.21. The number of rotatable bonds is 5. The molecule has 0 bridgehead atoms. The van der Waals surface area contributed by atoms with Gasteiger partial charge in [-0.15, -0.1) is 0 Å². The number of aromatic nitrogens is 1. The molecule has 3 heterocycles. The molecule has 2 aliphatic rings.